The first-order chi connectivity index (χ1) is 9.37. The maximum Gasteiger partial charge on any atom is 0.407 e. The second kappa shape index (κ2) is 7.85. The van der Waals surface area contributed by atoms with Gasteiger partial charge in [0.15, 0.2) is 0 Å². The van der Waals surface area contributed by atoms with Gasteiger partial charge in [-0.1, -0.05) is 12.1 Å². The standard InChI is InChI=1S/C15H23FN2O2/c1-15(2,3)20-14(19)18-9-5-8-17-11-12-6-4-7-13(16)10-12/h4,6-7,10,17H,5,8-9,11H2,1-3H3,(H,18,19). The van der Waals surface area contributed by atoms with Crippen molar-refractivity contribution in [1.82, 2.24) is 10.6 Å². The molecule has 0 aliphatic heterocycles. The first-order valence-corrected chi connectivity index (χ1v) is 6.79. The molecule has 112 valence electrons. The van der Waals surface area contributed by atoms with Gasteiger partial charge in [-0.2, -0.15) is 0 Å². The number of halogens is 1. The van der Waals surface area contributed by atoms with E-state index in [9.17, 15) is 9.18 Å². The van der Waals surface area contributed by atoms with Crippen LogP contribution in [0.15, 0.2) is 24.3 Å². The van der Waals surface area contributed by atoms with Gasteiger partial charge in [-0.05, 0) is 51.4 Å². The Bertz CT molecular complexity index is 430. The summed E-state index contributed by atoms with van der Waals surface area (Å²) >= 11 is 0. The number of ether oxygens (including phenoxy) is 1. The van der Waals surface area contributed by atoms with Crippen LogP contribution in [0, 0.1) is 5.82 Å². The van der Waals surface area contributed by atoms with Gasteiger partial charge in [-0.15, -0.1) is 0 Å². The Hall–Kier alpha value is -1.62. The Morgan fingerprint density at radius 1 is 1.30 bits per heavy atom. The Morgan fingerprint density at radius 2 is 2.05 bits per heavy atom. The number of rotatable bonds is 6. The van der Waals surface area contributed by atoms with E-state index < -0.39 is 11.7 Å². The van der Waals surface area contributed by atoms with Crippen LogP contribution in [0.4, 0.5) is 9.18 Å². The number of hydrogen-bond acceptors (Lipinski definition) is 3. The van der Waals surface area contributed by atoms with Crippen LogP contribution in [0.2, 0.25) is 0 Å². The van der Waals surface area contributed by atoms with Crippen molar-refractivity contribution >= 4 is 6.09 Å². The zero-order valence-corrected chi connectivity index (χ0v) is 12.3. The van der Waals surface area contributed by atoms with Gasteiger partial charge in [-0.25, -0.2) is 9.18 Å². The lowest BCUT2D eigenvalue weighted by Crippen LogP contribution is -2.33. The van der Waals surface area contributed by atoms with Crippen molar-refractivity contribution in [2.24, 2.45) is 0 Å². The number of hydrogen-bond donors (Lipinski definition) is 2. The second-order valence-corrected chi connectivity index (χ2v) is 5.59. The summed E-state index contributed by atoms with van der Waals surface area (Å²) in [6.07, 6.45) is 0.386. The van der Waals surface area contributed by atoms with Crippen molar-refractivity contribution in [1.29, 1.82) is 0 Å². The molecular weight excluding hydrogens is 259 g/mol. The lowest BCUT2D eigenvalue weighted by molar-refractivity contribution is 0.0527. The highest BCUT2D eigenvalue weighted by atomic mass is 19.1. The molecule has 0 aliphatic rings. The number of nitrogens with one attached hydrogen (secondary N) is 2. The van der Waals surface area contributed by atoms with Crippen LogP contribution < -0.4 is 10.6 Å². The van der Waals surface area contributed by atoms with Gasteiger partial charge in [0.2, 0.25) is 0 Å². The molecule has 0 atom stereocenters. The summed E-state index contributed by atoms with van der Waals surface area (Å²) < 4.78 is 18.0. The predicted octanol–water partition coefficient (Wildman–Crippen LogP) is 2.83. The van der Waals surface area contributed by atoms with E-state index in [1.165, 1.54) is 12.1 Å². The summed E-state index contributed by atoms with van der Waals surface area (Å²) in [6.45, 7) is 7.38. The first kappa shape index (κ1) is 16.4. The van der Waals surface area contributed by atoms with Crippen LogP contribution in [-0.2, 0) is 11.3 Å². The summed E-state index contributed by atoms with van der Waals surface area (Å²) in [6, 6.07) is 6.49. The zero-order valence-electron chi connectivity index (χ0n) is 12.3. The van der Waals surface area contributed by atoms with Crippen LogP contribution >= 0.6 is 0 Å². The van der Waals surface area contributed by atoms with Gasteiger partial charge in [0, 0.05) is 13.1 Å². The molecule has 0 bridgehead atoms. The van der Waals surface area contributed by atoms with E-state index in [0.29, 0.717) is 13.1 Å². The molecule has 1 amide bonds. The third-order valence-electron chi connectivity index (χ3n) is 2.42. The molecule has 0 heterocycles. The van der Waals surface area contributed by atoms with Gasteiger partial charge >= 0.3 is 6.09 Å². The van der Waals surface area contributed by atoms with Gasteiger partial charge in [0.1, 0.15) is 11.4 Å². The third kappa shape index (κ3) is 7.74. The Kier molecular flexibility index (Phi) is 6.45. The molecule has 5 heteroatoms. The van der Waals surface area contributed by atoms with E-state index in [4.69, 9.17) is 4.74 Å². The Balaban J connectivity index is 2.07. The van der Waals surface area contributed by atoms with E-state index in [1.807, 2.05) is 26.8 Å². The molecule has 0 fully saturated rings. The highest BCUT2D eigenvalue weighted by molar-refractivity contribution is 5.67. The van der Waals surface area contributed by atoms with Crippen LogP contribution in [0.25, 0.3) is 0 Å². The molecule has 1 aromatic carbocycles. The minimum atomic E-state index is -0.473. The molecule has 0 radical (unpaired) electrons. The number of benzene rings is 1. The summed E-state index contributed by atoms with van der Waals surface area (Å²) in [5, 5.41) is 5.88. The normalized spacial score (nSPS) is 11.2. The highest BCUT2D eigenvalue weighted by Crippen LogP contribution is 2.06. The van der Waals surface area contributed by atoms with Crippen molar-refractivity contribution in [3.8, 4) is 0 Å². The molecule has 0 aliphatic carbocycles. The fourth-order valence-corrected chi connectivity index (χ4v) is 1.60. The summed E-state index contributed by atoms with van der Waals surface area (Å²) in [4.78, 5) is 11.4. The van der Waals surface area contributed by atoms with Crippen LogP contribution in [0.5, 0.6) is 0 Å². The van der Waals surface area contributed by atoms with E-state index in [-0.39, 0.29) is 5.82 Å². The molecular formula is C15H23FN2O2. The van der Waals surface area contributed by atoms with Gasteiger partial charge in [0.05, 0.1) is 0 Å². The Labute approximate surface area is 119 Å². The van der Waals surface area contributed by atoms with E-state index in [0.717, 1.165) is 18.5 Å². The lowest BCUT2D eigenvalue weighted by atomic mass is 10.2. The van der Waals surface area contributed by atoms with Crippen molar-refractivity contribution in [3.05, 3.63) is 35.6 Å². The number of carbonyl (C=O) groups is 1. The average Bonchev–Trinajstić information content (AvgIpc) is 2.31. The largest absolute Gasteiger partial charge is 0.444 e. The zero-order chi connectivity index (χ0) is 15.0. The van der Waals surface area contributed by atoms with E-state index >= 15 is 0 Å². The van der Waals surface area contributed by atoms with Crippen molar-refractivity contribution in [2.75, 3.05) is 13.1 Å². The maximum absolute atomic E-state index is 12.9. The topological polar surface area (TPSA) is 50.4 Å². The first-order valence-electron chi connectivity index (χ1n) is 6.79. The fourth-order valence-electron chi connectivity index (χ4n) is 1.60. The molecule has 2 N–H and O–H groups in total. The highest BCUT2D eigenvalue weighted by Gasteiger charge is 2.15. The van der Waals surface area contributed by atoms with E-state index in [1.54, 1.807) is 6.07 Å². The fraction of sp³-hybridized carbons (Fsp3) is 0.533. The third-order valence-corrected chi connectivity index (χ3v) is 2.42. The lowest BCUT2D eigenvalue weighted by Gasteiger charge is -2.19. The molecule has 20 heavy (non-hydrogen) atoms. The van der Waals surface area contributed by atoms with Crippen molar-refractivity contribution in [2.45, 2.75) is 39.3 Å². The second-order valence-electron chi connectivity index (χ2n) is 5.59. The molecule has 4 nitrogen and oxygen atoms in total. The predicted molar refractivity (Wildman–Crippen MR) is 77.0 cm³/mol. The molecule has 0 spiro atoms. The molecule has 0 aromatic heterocycles. The molecule has 1 rings (SSSR count). The molecule has 0 unspecified atom stereocenters. The molecule has 0 saturated carbocycles. The average molecular weight is 282 g/mol. The SMILES string of the molecule is CC(C)(C)OC(=O)NCCCNCc1cccc(F)c1. The Morgan fingerprint density at radius 3 is 2.70 bits per heavy atom. The van der Waals surface area contributed by atoms with Crippen LogP contribution in [-0.4, -0.2) is 24.8 Å². The van der Waals surface area contributed by atoms with Crippen molar-refractivity contribution in [3.63, 3.8) is 0 Å². The number of carbonyl (C=O) groups excluding carboxylic acids is 1. The minimum absolute atomic E-state index is 0.226. The smallest absolute Gasteiger partial charge is 0.407 e. The minimum Gasteiger partial charge on any atom is -0.444 e. The van der Waals surface area contributed by atoms with Crippen LogP contribution in [0.1, 0.15) is 32.8 Å². The molecule has 1 aromatic rings. The van der Waals surface area contributed by atoms with Crippen molar-refractivity contribution < 1.29 is 13.9 Å². The number of amides is 1. The summed E-state index contributed by atoms with van der Waals surface area (Å²) in [5.74, 6) is -0.226. The van der Waals surface area contributed by atoms with Gasteiger partial charge in [0.25, 0.3) is 0 Å². The van der Waals surface area contributed by atoms with Crippen LogP contribution in [0.3, 0.4) is 0 Å². The summed E-state index contributed by atoms with van der Waals surface area (Å²) in [5.41, 5.74) is 0.435. The summed E-state index contributed by atoms with van der Waals surface area (Å²) in [7, 11) is 0. The quantitative estimate of drug-likeness (QED) is 0.789. The maximum atomic E-state index is 12.9. The van der Waals surface area contributed by atoms with Gasteiger partial charge < -0.3 is 15.4 Å². The molecule has 0 saturated heterocycles. The van der Waals surface area contributed by atoms with Gasteiger partial charge in [-0.3, -0.25) is 0 Å². The number of alkyl carbamates (subject to hydrolysis) is 1. The monoisotopic (exact) mass is 282 g/mol. The van der Waals surface area contributed by atoms with E-state index in [2.05, 4.69) is 10.6 Å².